The van der Waals surface area contributed by atoms with Crippen LogP contribution in [-0.4, -0.2) is 36.6 Å². The molecule has 4 heteroatoms. The van der Waals surface area contributed by atoms with Gasteiger partial charge in [0.25, 0.3) is 0 Å². The Morgan fingerprint density at radius 2 is 2.25 bits per heavy atom. The minimum absolute atomic E-state index is 0.0556. The Kier molecular flexibility index (Phi) is 2.44. The van der Waals surface area contributed by atoms with Crippen LogP contribution < -0.4 is 0 Å². The van der Waals surface area contributed by atoms with E-state index in [9.17, 15) is 4.79 Å². The van der Waals surface area contributed by atoms with E-state index in [2.05, 4.69) is 4.90 Å². The topological polar surface area (TPSA) is 42.7 Å². The molecule has 2 bridgehead atoms. The van der Waals surface area contributed by atoms with Gasteiger partial charge in [0, 0.05) is 6.54 Å². The minimum Gasteiger partial charge on any atom is -0.457 e. The molecule has 0 amide bonds. The van der Waals surface area contributed by atoms with Crippen LogP contribution in [0.2, 0.25) is 0 Å². The van der Waals surface area contributed by atoms with Crippen LogP contribution in [0.25, 0.3) is 0 Å². The summed E-state index contributed by atoms with van der Waals surface area (Å²) in [4.78, 5) is 14.1. The summed E-state index contributed by atoms with van der Waals surface area (Å²) >= 11 is 0. The van der Waals surface area contributed by atoms with Gasteiger partial charge in [0.1, 0.15) is 6.10 Å². The van der Waals surface area contributed by atoms with E-state index in [1.54, 1.807) is 12.1 Å². The van der Waals surface area contributed by atoms with Crippen LogP contribution in [-0.2, 0) is 4.74 Å². The van der Waals surface area contributed by atoms with Crippen LogP contribution in [0.3, 0.4) is 0 Å². The molecule has 0 radical (unpaired) electrons. The predicted molar refractivity (Wildman–Crippen MR) is 57.1 cm³/mol. The van der Waals surface area contributed by atoms with Crippen LogP contribution >= 0.6 is 0 Å². The molecule has 1 unspecified atom stereocenters. The van der Waals surface area contributed by atoms with Crippen LogP contribution in [0, 0.1) is 5.92 Å². The van der Waals surface area contributed by atoms with E-state index >= 15 is 0 Å². The molecule has 1 atom stereocenters. The maximum atomic E-state index is 11.7. The summed E-state index contributed by atoms with van der Waals surface area (Å²) in [5.74, 6) is 0.518. The second-order valence-electron chi connectivity index (χ2n) is 4.56. The summed E-state index contributed by atoms with van der Waals surface area (Å²) in [6.45, 7) is 3.19. The van der Waals surface area contributed by atoms with Crippen LogP contribution in [0.4, 0.5) is 0 Å². The molecule has 0 spiro atoms. The van der Waals surface area contributed by atoms with Crippen molar-refractivity contribution in [1.82, 2.24) is 4.90 Å². The summed E-state index contributed by atoms with van der Waals surface area (Å²) in [6, 6.07) is 3.34. The number of nitrogens with zero attached hydrogens (tertiary/aromatic N) is 1. The highest BCUT2D eigenvalue weighted by atomic mass is 16.6. The number of piperidine rings is 3. The Balaban J connectivity index is 1.65. The van der Waals surface area contributed by atoms with Gasteiger partial charge in [-0.25, -0.2) is 4.79 Å². The molecule has 0 aromatic carbocycles. The first-order valence-electron chi connectivity index (χ1n) is 5.80. The average molecular weight is 221 g/mol. The molecule has 4 rings (SSSR count). The molecule has 4 nitrogen and oxygen atoms in total. The Hall–Kier alpha value is -1.29. The van der Waals surface area contributed by atoms with Crippen molar-refractivity contribution in [2.75, 3.05) is 19.6 Å². The number of ether oxygens (including phenoxy) is 1. The zero-order chi connectivity index (χ0) is 11.0. The molecule has 0 N–H and O–H groups in total. The van der Waals surface area contributed by atoms with Gasteiger partial charge in [-0.15, -0.1) is 0 Å². The maximum Gasteiger partial charge on any atom is 0.374 e. The molecule has 1 aromatic rings. The van der Waals surface area contributed by atoms with Crippen molar-refractivity contribution < 1.29 is 13.9 Å². The second kappa shape index (κ2) is 3.94. The van der Waals surface area contributed by atoms with Gasteiger partial charge in [-0.1, -0.05) is 0 Å². The smallest absolute Gasteiger partial charge is 0.374 e. The fraction of sp³-hybridized carbons (Fsp3) is 0.583. The van der Waals surface area contributed by atoms with Gasteiger partial charge in [0.2, 0.25) is 5.76 Å². The molecule has 3 saturated heterocycles. The Morgan fingerprint density at radius 1 is 1.44 bits per heavy atom. The molecule has 16 heavy (non-hydrogen) atoms. The van der Waals surface area contributed by atoms with E-state index in [1.165, 1.54) is 6.26 Å². The van der Waals surface area contributed by atoms with E-state index < -0.39 is 0 Å². The molecule has 3 aliphatic heterocycles. The van der Waals surface area contributed by atoms with Crippen LogP contribution in [0.5, 0.6) is 0 Å². The zero-order valence-corrected chi connectivity index (χ0v) is 9.09. The van der Waals surface area contributed by atoms with E-state index in [0.717, 1.165) is 32.5 Å². The molecule has 86 valence electrons. The molecular formula is C12H15NO3. The summed E-state index contributed by atoms with van der Waals surface area (Å²) in [5.41, 5.74) is 0. The van der Waals surface area contributed by atoms with Gasteiger partial charge < -0.3 is 9.15 Å². The molecule has 0 aliphatic carbocycles. The van der Waals surface area contributed by atoms with E-state index in [0.29, 0.717) is 11.7 Å². The summed E-state index contributed by atoms with van der Waals surface area (Å²) < 4.78 is 10.5. The molecule has 3 aliphatic rings. The lowest BCUT2D eigenvalue weighted by Crippen LogP contribution is -2.51. The highest BCUT2D eigenvalue weighted by Gasteiger charge is 2.36. The highest BCUT2D eigenvalue weighted by molar-refractivity contribution is 5.86. The highest BCUT2D eigenvalue weighted by Crippen LogP contribution is 2.29. The fourth-order valence-electron chi connectivity index (χ4n) is 2.63. The second-order valence-corrected chi connectivity index (χ2v) is 4.56. The lowest BCUT2D eigenvalue weighted by atomic mass is 9.86. The van der Waals surface area contributed by atoms with E-state index in [1.807, 2.05) is 0 Å². The monoisotopic (exact) mass is 221 g/mol. The third-order valence-corrected chi connectivity index (χ3v) is 3.58. The Labute approximate surface area is 94.2 Å². The third-order valence-electron chi connectivity index (χ3n) is 3.58. The number of carbonyl (C=O) groups is 1. The van der Waals surface area contributed by atoms with Crippen molar-refractivity contribution in [3.8, 4) is 0 Å². The molecule has 4 heterocycles. The number of rotatable bonds is 2. The van der Waals surface area contributed by atoms with Crippen molar-refractivity contribution >= 4 is 5.97 Å². The summed E-state index contributed by atoms with van der Waals surface area (Å²) in [7, 11) is 0. The maximum absolute atomic E-state index is 11.7. The van der Waals surface area contributed by atoms with Crippen molar-refractivity contribution in [3.05, 3.63) is 24.2 Å². The zero-order valence-electron chi connectivity index (χ0n) is 9.09. The first-order chi connectivity index (χ1) is 7.83. The average Bonchev–Trinajstić information content (AvgIpc) is 2.84. The van der Waals surface area contributed by atoms with Gasteiger partial charge in [0.15, 0.2) is 0 Å². The Bertz CT molecular complexity index is 366. The van der Waals surface area contributed by atoms with Crippen LogP contribution in [0.15, 0.2) is 22.8 Å². The number of hydrogen-bond donors (Lipinski definition) is 0. The molecule has 1 aromatic heterocycles. The van der Waals surface area contributed by atoms with Crippen molar-refractivity contribution in [1.29, 1.82) is 0 Å². The van der Waals surface area contributed by atoms with Crippen LogP contribution in [0.1, 0.15) is 23.4 Å². The van der Waals surface area contributed by atoms with Crippen molar-refractivity contribution in [2.24, 2.45) is 5.92 Å². The van der Waals surface area contributed by atoms with Crippen molar-refractivity contribution in [2.45, 2.75) is 18.9 Å². The number of fused-ring (bicyclic) bond motifs is 3. The van der Waals surface area contributed by atoms with Gasteiger partial charge in [0.05, 0.1) is 6.26 Å². The first-order valence-corrected chi connectivity index (χ1v) is 5.80. The fourth-order valence-corrected chi connectivity index (χ4v) is 2.63. The first kappa shape index (κ1) is 9.90. The minimum atomic E-state index is -0.330. The van der Waals surface area contributed by atoms with Crippen molar-refractivity contribution in [3.63, 3.8) is 0 Å². The number of hydrogen-bond acceptors (Lipinski definition) is 4. The quantitative estimate of drug-likeness (QED) is 0.710. The van der Waals surface area contributed by atoms with Gasteiger partial charge in [-0.3, -0.25) is 4.90 Å². The van der Waals surface area contributed by atoms with Gasteiger partial charge in [-0.05, 0) is 44.0 Å². The number of carbonyl (C=O) groups excluding carboxylic acids is 1. The molecular weight excluding hydrogens is 206 g/mol. The molecule has 3 fully saturated rings. The normalized spacial score (nSPS) is 32.6. The SMILES string of the molecule is O=C(OC1CN2CCC1CC2)c1ccco1. The summed E-state index contributed by atoms with van der Waals surface area (Å²) in [6.07, 6.45) is 3.85. The Morgan fingerprint density at radius 3 is 2.81 bits per heavy atom. The lowest BCUT2D eigenvalue weighted by Gasteiger charge is -2.43. The number of furan rings is 1. The number of esters is 1. The van der Waals surface area contributed by atoms with E-state index in [-0.39, 0.29) is 12.1 Å². The standard InChI is InChI=1S/C12H15NO3/c14-12(10-2-1-7-15-10)16-11-8-13-5-3-9(11)4-6-13/h1-2,7,9,11H,3-6,8H2. The molecule has 0 saturated carbocycles. The largest absolute Gasteiger partial charge is 0.457 e. The third kappa shape index (κ3) is 1.73. The summed E-state index contributed by atoms with van der Waals surface area (Å²) in [5, 5.41) is 0. The van der Waals surface area contributed by atoms with Gasteiger partial charge >= 0.3 is 5.97 Å². The van der Waals surface area contributed by atoms with E-state index in [4.69, 9.17) is 9.15 Å². The lowest BCUT2D eigenvalue weighted by molar-refractivity contribution is -0.0472. The predicted octanol–water partition coefficient (Wildman–Crippen LogP) is 1.53. The van der Waals surface area contributed by atoms with Gasteiger partial charge in [-0.2, -0.15) is 0 Å².